The zero-order valence-corrected chi connectivity index (χ0v) is 10.7. The van der Waals surface area contributed by atoms with E-state index in [9.17, 15) is 0 Å². The van der Waals surface area contributed by atoms with Gasteiger partial charge in [0.25, 0.3) is 0 Å². The van der Waals surface area contributed by atoms with E-state index in [1.54, 1.807) is 0 Å². The number of aryl methyl sites for hydroxylation is 1. The number of aromatic nitrogens is 2. The van der Waals surface area contributed by atoms with Crippen molar-refractivity contribution in [1.29, 1.82) is 0 Å². The summed E-state index contributed by atoms with van der Waals surface area (Å²) in [6.07, 6.45) is 2.10. The Morgan fingerprint density at radius 3 is 2.40 bits per heavy atom. The lowest BCUT2D eigenvalue weighted by molar-refractivity contribution is 0.753. The molecule has 1 heterocycles. The molecular weight excluding hydrogens is 208 g/mol. The van der Waals surface area contributed by atoms with Gasteiger partial charge in [0.15, 0.2) is 0 Å². The zero-order valence-electron chi connectivity index (χ0n) is 9.92. The van der Waals surface area contributed by atoms with Crippen LogP contribution in [-0.2, 0) is 6.42 Å². The van der Waals surface area contributed by atoms with Gasteiger partial charge in [-0.15, -0.1) is 11.6 Å². The predicted octanol–water partition coefficient (Wildman–Crippen LogP) is 3.85. The molecule has 0 spiro atoms. The molecule has 0 bridgehead atoms. The highest BCUT2D eigenvalue weighted by Gasteiger charge is 2.10. The summed E-state index contributed by atoms with van der Waals surface area (Å²) in [5.41, 5.74) is 2.20. The summed E-state index contributed by atoms with van der Waals surface area (Å²) >= 11 is 6.03. The van der Waals surface area contributed by atoms with E-state index in [1.165, 1.54) is 0 Å². The first-order chi connectivity index (χ1) is 7.04. The highest BCUT2D eigenvalue weighted by atomic mass is 35.5. The van der Waals surface area contributed by atoms with Crippen LogP contribution in [0.25, 0.3) is 0 Å². The van der Waals surface area contributed by atoms with Crippen molar-refractivity contribution in [3.63, 3.8) is 0 Å². The fraction of sp³-hybridized carbons (Fsp3) is 0.667. The molecule has 0 saturated heterocycles. The van der Waals surface area contributed by atoms with E-state index in [0.717, 1.165) is 30.1 Å². The molecule has 1 unspecified atom stereocenters. The fourth-order valence-corrected chi connectivity index (χ4v) is 1.50. The molecule has 0 aliphatic heterocycles. The second kappa shape index (κ2) is 5.45. The summed E-state index contributed by atoms with van der Waals surface area (Å²) in [5.74, 6) is 1.18. The van der Waals surface area contributed by atoms with Crippen molar-refractivity contribution in [3.05, 3.63) is 23.3 Å². The molecule has 0 aromatic carbocycles. The molecule has 3 heteroatoms. The Labute approximate surface area is 97.1 Å². The lowest BCUT2D eigenvalue weighted by atomic mass is 10.1. The standard InChI is InChI=1S/C12H19ClN2/c1-5-6-10-7-11(8(2)3)15-12(14-10)9(4)13/h7-9H,5-6H2,1-4H3. The van der Waals surface area contributed by atoms with Gasteiger partial charge in [0.2, 0.25) is 0 Å². The highest BCUT2D eigenvalue weighted by Crippen LogP contribution is 2.20. The van der Waals surface area contributed by atoms with Crippen LogP contribution in [0, 0.1) is 0 Å². The Balaban J connectivity index is 3.08. The number of rotatable bonds is 4. The number of hydrogen-bond acceptors (Lipinski definition) is 2. The summed E-state index contributed by atoms with van der Waals surface area (Å²) in [6, 6.07) is 2.09. The van der Waals surface area contributed by atoms with Crippen molar-refractivity contribution in [1.82, 2.24) is 9.97 Å². The first-order valence-electron chi connectivity index (χ1n) is 5.56. The SMILES string of the molecule is CCCc1cc(C(C)C)nc(C(C)Cl)n1. The summed E-state index contributed by atoms with van der Waals surface area (Å²) in [5, 5.41) is -0.112. The van der Waals surface area contributed by atoms with Crippen LogP contribution < -0.4 is 0 Å². The molecule has 1 rings (SSSR count). The first kappa shape index (κ1) is 12.4. The van der Waals surface area contributed by atoms with Crippen molar-refractivity contribution in [3.8, 4) is 0 Å². The Hall–Kier alpha value is -0.630. The minimum Gasteiger partial charge on any atom is -0.236 e. The van der Waals surface area contributed by atoms with Crippen LogP contribution in [0.2, 0.25) is 0 Å². The Morgan fingerprint density at radius 1 is 1.27 bits per heavy atom. The fourth-order valence-electron chi connectivity index (χ4n) is 1.40. The van der Waals surface area contributed by atoms with Crippen molar-refractivity contribution in [2.24, 2.45) is 0 Å². The normalized spacial score (nSPS) is 13.2. The van der Waals surface area contributed by atoms with Crippen molar-refractivity contribution in [2.75, 3.05) is 0 Å². The van der Waals surface area contributed by atoms with Gasteiger partial charge in [-0.05, 0) is 25.3 Å². The molecule has 1 atom stereocenters. The molecule has 0 fully saturated rings. The lowest BCUT2D eigenvalue weighted by Gasteiger charge is -2.10. The van der Waals surface area contributed by atoms with Crippen molar-refractivity contribution < 1.29 is 0 Å². The molecule has 1 aromatic heterocycles. The molecule has 0 radical (unpaired) electrons. The summed E-state index contributed by atoms with van der Waals surface area (Å²) in [7, 11) is 0. The predicted molar refractivity (Wildman–Crippen MR) is 64.4 cm³/mol. The summed E-state index contributed by atoms with van der Waals surface area (Å²) in [4.78, 5) is 8.93. The molecule has 0 N–H and O–H groups in total. The average molecular weight is 227 g/mol. The molecule has 84 valence electrons. The molecule has 0 aliphatic rings. The van der Waals surface area contributed by atoms with E-state index in [2.05, 4.69) is 36.8 Å². The molecule has 0 aliphatic carbocycles. The van der Waals surface area contributed by atoms with Crippen LogP contribution in [0.15, 0.2) is 6.07 Å². The highest BCUT2D eigenvalue weighted by molar-refractivity contribution is 6.20. The average Bonchev–Trinajstić information content (AvgIpc) is 2.17. The number of alkyl halides is 1. The number of halogens is 1. The minimum absolute atomic E-state index is 0.112. The van der Waals surface area contributed by atoms with E-state index in [0.29, 0.717) is 5.92 Å². The van der Waals surface area contributed by atoms with Crippen LogP contribution in [0.3, 0.4) is 0 Å². The Morgan fingerprint density at radius 2 is 1.93 bits per heavy atom. The van der Waals surface area contributed by atoms with Gasteiger partial charge >= 0.3 is 0 Å². The van der Waals surface area contributed by atoms with E-state index in [4.69, 9.17) is 11.6 Å². The quantitative estimate of drug-likeness (QED) is 0.729. The Kier molecular flexibility index (Phi) is 4.52. The van der Waals surface area contributed by atoms with Gasteiger partial charge in [-0.25, -0.2) is 9.97 Å². The number of nitrogens with zero attached hydrogens (tertiary/aromatic N) is 2. The van der Waals surface area contributed by atoms with Gasteiger partial charge in [-0.3, -0.25) is 0 Å². The molecule has 15 heavy (non-hydrogen) atoms. The van der Waals surface area contributed by atoms with Gasteiger partial charge in [0, 0.05) is 11.4 Å². The van der Waals surface area contributed by atoms with Crippen molar-refractivity contribution in [2.45, 2.75) is 51.8 Å². The third-order valence-electron chi connectivity index (χ3n) is 2.27. The van der Waals surface area contributed by atoms with E-state index in [-0.39, 0.29) is 5.38 Å². The minimum atomic E-state index is -0.112. The van der Waals surface area contributed by atoms with E-state index in [1.807, 2.05) is 6.92 Å². The first-order valence-corrected chi connectivity index (χ1v) is 6.00. The Bertz CT molecular complexity index is 295. The maximum atomic E-state index is 6.03. The number of hydrogen-bond donors (Lipinski definition) is 0. The van der Waals surface area contributed by atoms with Gasteiger partial charge in [0.1, 0.15) is 5.82 Å². The molecule has 0 saturated carbocycles. The maximum absolute atomic E-state index is 6.03. The van der Waals surface area contributed by atoms with Gasteiger partial charge in [0.05, 0.1) is 5.38 Å². The monoisotopic (exact) mass is 226 g/mol. The molecular formula is C12H19ClN2. The maximum Gasteiger partial charge on any atom is 0.146 e. The topological polar surface area (TPSA) is 25.8 Å². The van der Waals surface area contributed by atoms with E-state index < -0.39 is 0 Å². The van der Waals surface area contributed by atoms with E-state index >= 15 is 0 Å². The van der Waals surface area contributed by atoms with Crippen molar-refractivity contribution >= 4 is 11.6 Å². The van der Waals surface area contributed by atoms with Crippen LogP contribution in [-0.4, -0.2) is 9.97 Å². The smallest absolute Gasteiger partial charge is 0.146 e. The second-order valence-electron chi connectivity index (χ2n) is 4.16. The van der Waals surface area contributed by atoms with Crippen LogP contribution in [0.4, 0.5) is 0 Å². The molecule has 1 aromatic rings. The van der Waals surface area contributed by atoms with Crippen LogP contribution in [0.1, 0.15) is 62.6 Å². The summed E-state index contributed by atoms with van der Waals surface area (Å²) in [6.45, 7) is 8.35. The molecule has 0 amide bonds. The van der Waals surface area contributed by atoms with Gasteiger partial charge < -0.3 is 0 Å². The molecule has 2 nitrogen and oxygen atoms in total. The third-order valence-corrected chi connectivity index (χ3v) is 2.46. The lowest BCUT2D eigenvalue weighted by Crippen LogP contribution is -2.05. The second-order valence-corrected chi connectivity index (χ2v) is 4.82. The van der Waals surface area contributed by atoms with Crippen LogP contribution >= 0.6 is 11.6 Å². The summed E-state index contributed by atoms with van der Waals surface area (Å²) < 4.78 is 0. The van der Waals surface area contributed by atoms with Gasteiger partial charge in [-0.1, -0.05) is 27.2 Å². The van der Waals surface area contributed by atoms with Crippen LogP contribution in [0.5, 0.6) is 0 Å². The zero-order chi connectivity index (χ0) is 11.4. The third kappa shape index (κ3) is 3.45. The largest absolute Gasteiger partial charge is 0.236 e. The van der Waals surface area contributed by atoms with Gasteiger partial charge in [-0.2, -0.15) is 0 Å².